The van der Waals surface area contributed by atoms with Gasteiger partial charge in [0, 0.05) is 19.7 Å². The molecule has 0 radical (unpaired) electrons. The highest BCUT2D eigenvalue weighted by Crippen LogP contribution is 2.27. The van der Waals surface area contributed by atoms with Crippen molar-refractivity contribution in [3.05, 3.63) is 52.9 Å². The van der Waals surface area contributed by atoms with Gasteiger partial charge in [0.05, 0.1) is 0 Å². The SMILES string of the molecule is CCNC(=O)c1cc(O[C@H](C)c2ccc(F)c(F)c2)c(C(=O)NC)[nH]1. The Kier molecular flexibility index (Phi) is 5.74. The minimum absolute atomic E-state index is 0.0678. The summed E-state index contributed by atoms with van der Waals surface area (Å²) in [6.45, 7) is 3.82. The van der Waals surface area contributed by atoms with Gasteiger partial charge in [-0.3, -0.25) is 9.59 Å². The van der Waals surface area contributed by atoms with Gasteiger partial charge in [0.1, 0.15) is 17.5 Å². The maximum atomic E-state index is 13.4. The molecule has 0 fully saturated rings. The molecule has 0 saturated heterocycles. The summed E-state index contributed by atoms with van der Waals surface area (Å²) >= 11 is 0. The Morgan fingerprint density at radius 2 is 1.92 bits per heavy atom. The number of hydrogen-bond donors (Lipinski definition) is 3. The molecule has 1 aromatic heterocycles. The maximum absolute atomic E-state index is 13.4. The van der Waals surface area contributed by atoms with Crippen molar-refractivity contribution in [1.82, 2.24) is 15.6 Å². The smallest absolute Gasteiger partial charge is 0.271 e. The Morgan fingerprint density at radius 1 is 1.20 bits per heavy atom. The summed E-state index contributed by atoms with van der Waals surface area (Å²) in [5.74, 6) is -2.66. The molecule has 3 N–H and O–H groups in total. The highest BCUT2D eigenvalue weighted by atomic mass is 19.2. The molecule has 0 spiro atoms. The van der Waals surface area contributed by atoms with Crippen molar-refractivity contribution in [1.29, 1.82) is 0 Å². The first-order valence-corrected chi connectivity index (χ1v) is 7.72. The molecule has 1 heterocycles. The van der Waals surface area contributed by atoms with Crippen LogP contribution in [-0.2, 0) is 0 Å². The number of benzene rings is 1. The summed E-state index contributed by atoms with van der Waals surface area (Å²) in [5, 5.41) is 5.05. The fraction of sp³-hybridized carbons (Fsp3) is 0.294. The summed E-state index contributed by atoms with van der Waals surface area (Å²) in [6.07, 6.45) is -0.670. The normalized spacial score (nSPS) is 11.7. The van der Waals surface area contributed by atoms with Gasteiger partial charge in [0.2, 0.25) is 0 Å². The van der Waals surface area contributed by atoms with Crippen LogP contribution in [0.4, 0.5) is 8.78 Å². The van der Waals surface area contributed by atoms with Crippen molar-refractivity contribution < 1.29 is 23.1 Å². The van der Waals surface area contributed by atoms with E-state index in [1.807, 2.05) is 0 Å². The highest BCUT2D eigenvalue weighted by Gasteiger charge is 2.21. The molecule has 8 heteroatoms. The third-order valence-corrected chi connectivity index (χ3v) is 3.53. The summed E-state index contributed by atoms with van der Waals surface area (Å²) in [7, 11) is 1.44. The van der Waals surface area contributed by atoms with Crippen LogP contribution in [-0.4, -0.2) is 30.4 Å². The lowest BCUT2D eigenvalue weighted by Gasteiger charge is -2.15. The lowest BCUT2D eigenvalue weighted by molar-refractivity contribution is 0.0951. The van der Waals surface area contributed by atoms with Gasteiger partial charge in [0.15, 0.2) is 17.4 Å². The standard InChI is InChI=1S/C17H19F2N3O3/c1-4-21-16(23)13-8-14(15(22-13)17(24)20-3)25-9(2)10-5-6-11(18)12(19)7-10/h5-9,22H,4H2,1-3H3,(H,20,24)(H,21,23)/t9-/m1/s1. The van der Waals surface area contributed by atoms with Crippen molar-refractivity contribution >= 4 is 11.8 Å². The molecule has 1 atom stereocenters. The van der Waals surface area contributed by atoms with Crippen LogP contribution in [0.2, 0.25) is 0 Å². The largest absolute Gasteiger partial charge is 0.484 e. The van der Waals surface area contributed by atoms with Crippen LogP contribution in [0.15, 0.2) is 24.3 Å². The molecule has 1 aromatic carbocycles. The molecule has 6 nitrogen and oxygen atoms in total. The second-order valence-corrected chi connectivity index (χ2v) is 5.29. The molecule has 2 aromatic rings. The van der Waals surface area contributed by atoms with E-state index in [4.69, 9.17) is 4.74 Å². The Hall–Kier alpha value is -2.90. The van der Waals surface area contributed by atoms with Crippen LogP contribution < -0.4 is 15.4 Å². The maximum Gasteiger partial charge on any atom is 0.271 e. The number of rotatable bonds is 6. The molecule has 0 aliphatic heterocycles. The molecule has 2 amide bonds. The van der Waals surface area contributed by atoms with E-state index in [0.29, 0.717) is 12.1 Å². The number of ether oxygens (including phenoxy) is 1. The van der Waals surface area contributed by atoms with Crippen molar-refractivity contribution in [2.45, 2.75) is 20.0 Å². The predicted octanol–water partition coefficient (Wildman–Crippen LogP) is 2.54. The number of aromatic amines is 1. The number of nitrogens with one attached hydrogen (secondary N) is 3. The fourth-order valence-corrected chi connectivity index (χ4v) is 2.22. The number of hydrogen-bond acceptors (Lipinski definition) is 3. The van der Waals surface area contributed by atoms with E-state index in [2.05, 4.69) is 15.6 Å². The molecular weight excluding hydrogens is 332 g/mol. The molecular formula is C17H19F2N3O3. The minimum Gasteiger partial charge on any atom is -0.484 e. The van der Waals surface area contributed by atoms with E-state index in [-0.39, 0.29) is 23.0 Å². The number of aromatic nitrogens is 1. The zero-order valence-electron chi connectivity index (χ0n) is 14.1. The topological polar surface area (TPSA) is 83.2 Å². The number of carbonyl (C=O) groups excluding carboxylic acids is 2. The summed E-state index contributed by atoms with van der Waals surface area (Å²) in [4.78, 5) is 26.6. The molecule has 0 aliphatic carbocycles. The van der Waals surface area contributed by atoms with Gasteiger partial charge in [-0.25, -0.2) is 8.78 Å². The van der Waals surface area contributed by atoms with Gasteiger partial charge in [0.25, 0.3) is 11.8 Å². The van der Waals surface area contributed by atoms with Crippen molar-refractivity contribution in [3.63, 3.8) is 0 Å². The second-order valence-electron chi connectivity index (χ2n) is 5.29. The van der Waals surface area contributed by atoms with E-state index in [1.165, 1.54) is 19.2 Å². The third-order valence-electron chi connectivity index (χ3n) is 3.53. The van der Waals surface area contributed by atoms with Crippen molar-refractivity contribution in [2.24, 2.45) is 0 Å². The van der Waals surface area contributed by atoms with Crippen LogP contribution in [0.25, 0.3) is 0 Å². The first-order valence-electron chi connectivity index (χ1n) is 7.72. The lowest BCUT2D eigenvalue weighted by Crippen LogP contribution is -2.23. The van der Waals surface area contributed by atoms with E-state index in [1.54, 1.807) is 13.8 Å². The van der Waals surface area contributed by atoms with Gasteiger partial charge in [-0.05, 0) is 31.5 Å². The van der Waals surface area contributed by atoms with Crippen LogP contribution in [0.5, 0.6) is 5.75 Å². The Labute approximate surface area is 143 Å². The predicted molar refractivity (Wildman–Crippen MR) is 87.6 cm³/mol. The number of H-pyrrole nitrogens is 1. The molecule has 0 aliphatic rings. The van der Waals surface area contributed by atoms with Gasteiger partial charge in [-0.1, -0.05) is 6.07 Å². The van der Waals surface area contributed by atoms with E-state index < -0.39 is 23.6 Å². The van der Waals surface area contributed by atoms with Gasteiger partial charge in [-0.2, -0.15) is 0 Å². The molecule has 25 heavy (non-hydrogen) atoms. The average Bonchev–Trinajstić information content (AvgIpc) is 3.00. The summed E-state index contributed by atoms with van der Waals surface area (Å²) in [5.41, 5.74) is 0.619. The van der Waals surface area contributed by atoms with Crippen molar-refractivity contribution in [2.75, 3.05) is 13.6 Å². The van der Waals surface area contributed by atoms with Crippen molar-refractivity contribution in [3.8, 4) is 5.75 Å². The monoisotopic (exact) mass is 351 g/mol. The third kappa shape index (κ3) is 4.14. The summed E-state index contributed by atoms with van der Waals surface area (Å²) < 4.78 is 32.1. The lowest BCUT2D eigenvalue weighted by atomic mass is 10.1. The van der Waals surface area contributed by atoms with E-state index >= 15 is 0 Å². The first-order chi connectivity index (χ1) is 11.9. The minimum atomic E-state index is -0.989. The van der Waals surface area contributed by atoms with Crippen LogP contribution >= 0.6 is 0 Å². The summed E-state index contributed by atoms with van der Waals surface area (Å²) in [6, 6.07) is 4.81. The highest BCUT2D eigenvalue weighted by molar-refractivity contribution is 5.99. The van der Waals surface area contributed by atoms with Gasteiger partial charge >= 0.3 is 0 Å². The molecule has 0 unspecified atom stereocenters. The second kappa shape index (κ2) is 7.78. The Bertz CT molecular complexity index is 789. The zero-order chi connectivity index (χ0) is 18.6. The number of amides is 2. The Balaban J connectivity index is 2.31. The van der Waals surface area contributed by atoms with E-state index in [9.17, 15) is 18.4 Å². The van der Waals surface area contributed by atoms with E-state index in [0.717, 1.165) is 12.1 Å². The fourth-order valence-electron chi connectivity index (χ4n) is 2.22. The van der Waals surface area contributed by atoms with Crippen LogP contribution in [0.3, 0.4) is 0 Å². The number of carbonyl (C=O) groups is 2. The van der Waals surface area contributed by atoms with Gasteiger partial charge < -0.3 is 20.4 Å². The first kappa shape index (κ1) is 18.4. The average molecular weight is 351 g/mol. The molecule has 2 rings (SSSR count). The van der Waals surface area contributed by atoms with Crippen LogP contribution in [0.1, 0.15) is 46.5 Å². The molecule has 0 saturated carbocycles. The zero-order valence-corrected chi connectivity index (χ0v) is 14.1. The molecule has 134 valence electrons. The van der Waals surface area contributed by atoms with Crippen LogP contribution in [0, 0.1) is 11.6 Å². The molecule has 0 bridgehead atoms. The number of halogens is 2. The van der Waals surface area contributed by atoms with Gasteiger partial charge in [-0.15, -0.1) is 0 Å². The quantitative estimate of drug-likeness (QED) is 0.748. The Morgan fingerprint density at radius 3 is 2.52 bits per heavy atom.